The van der Waals surface area contributed by atoms with E-state index in [1.165, 1.54) is 0 Å². The van der Waals surface area contributed by atoms with Crippen LogP contribution >= 0.6 is 0 Å². The van der Waals surface area contributed by atoms with Gasteiger partial charge in [-0.2, -0.15) is 0 Å². The molecular formula is C24H28N4O3. The third kappa shape index (κ3) is 5.31. The quantitative estimate of drug-likeness (QED) is 0.586. The smallest absolute Gasteiger partial charge is 0.251 e. The van der Waals surface area contributed by atoms with Crippen LogP contribution in [0.1, 0.15) is 41.6 Å². The van der Waals surface area contributed by atoms with Gasteiger partial charge in [-0.05, 0) is 35.7 Å². The molecule has 7 heteroatoms. The van der Waals surface area contributed by atoms with Gasteiger partial charge in [-0.1, -0.05) is 44.2 Å². The Labute approximate surface area is 182 Å². The summed E-state index contributed by atoms with van der Waals surface area (Å²) < 4.78 is 7.11. The number of amides is 2. The second-order valence-corrected chi connectivity index (χ2v) is 7.67. The maximum atomic E-state index is 13.3. The lowest BCUT2D eigenvalue weighted by Gasteiger charge is -2.26. The molecule has 31 heavy (non-hydrogen) atoms. The molecule has 0 fully saturated rings. The minimum atomic E-state index is -0.700. The van der Waals surface area contributed by atoms with E-state index in [1.54, 1.807) is 37.6 Å². The molecule has 0 aliphatic carbocycles. The minimum absolute atomic E-state index is 0.106. The van der Waals surface area contributed by atoms with Crippen molar-refractivity contribution >= 4 is 11.8 Å². The van der Waals surface area contributed by atoms with E-state index in [2.05, 4.69) is 15.6 Å². The molecule has 0 aliphatic heterocycles. The van der Waals surface area contributed by atoms with Crippen molar-refractivity contribution in [3.8, 4) is 5.75 Å². The third-order valence-electron chi connectivity index (χ3n) is 5.12. The van der Waals surface area contributed by atoms with Gasteiger partial charge in [0, 0.05) is 25.0 Å². The van der Waals surface area contributed by atoms with Crippen LogP contribution in [0.2, 0.25) is 0 Å². The third-order valence-corrected chi connectivity index (χ3v) is 5.12. The van der Waals surface area contributed by atoms with Gasteiger partial charge in [0.1, 0.15) is 23.7 Å². The number of aromatic nitrogens is 2. The molecule has 0 aliphatic rings. The first-order valence-electron chi connectivity index (χ1n) is 10.2. The summed E-state index contributed by atoms with van der Waals surface area (Å²) in [4.78, 5) is 30.4. The summed E-state index contributed by atoms with van der Waals surface area (Å²) >= 11 is 0. The van der Waals surface area contributed by atoms with Crippen molar-refractivity contribution in [3.63, 3.8) is 0 Å². The maximum Gasteiger partial charge on any atom is 0.251 e. The molecule has 2 aromatic carbocycles. The first kappa shape index (κ1) is 22.1. The number of carbonyl (C=O) groups is 2. The molecule has 0 spiro atoms. The fourth-order valence-electron chi connectivity index (χ4n) is 3.33. The Hall–Kier alpha value is -3.61. The standard InChI is InChI=1S/C24H28N4O3/c1-16(2)20(26-23(29)18-8-6-5-7-9-18)24(30)27-21(22-25-14-15-28(22)3)17-10-12-19(31-4)13-11-17/h5-16,20-21H,1-4H3,(H,26,29)(H,27,30). The fourth-order valence-corrected chi connectivity index (χ4v) is 3.33. The predicted molar refractivity (Wildman–Crippen MR) is 119 cm³/mol. The van der Waals surface area contributed by atoms with E-state index in [4.69, 9.17) is 4.74 Å². The molecular weight excluding hydrogens is 392 g/mol. The Balaban J connectivity index is 1.85. The molecule has 7 nitrogen and oxygen atoms in total. The number of rotatable bonds is 8. The number of benzene rings is 2. The van der Waals surface area contributed by atoms with E-state index in [-0.39, 0.29) is 17.7 Å². The van der Waals surface area contributed by atoms with Crippen molar-refractivity contribution in [2.75, 3.05) is 7.11 Å². The molecule has 0 saturated heterocycles. The van der Waals surface area contributed by atoms with Crippen LogP contribution in [0.3, 0.4) is 0 Å². The average Bonchev–Trinajstić information content (AvgIpc) is 3.21. The first-order valence-corrected chi connectivity index (χ1v) is 10.2. The van der Waals surface area contributed by atoms with Gasteiger partial charge in [-0.3, -0.25) is 9.59 Å². The normalized spacial score (nSPS) is 12.8. The Morgan fingerprint density at radius 2 is 1.68 bits per heavy atom. The zero-order valence-electron chi connectivity index (χ0n) is 18.2. The highest BCUT2D eigenvalue weighted by atomic mass is 16.5. The Kier molecular flexibility index (Phi) is 7.07. The van der Waals surface area contributed by atoms with E-state index in [0.717, 1.165) is 11.3 Å². The molecule has 0 saturated carbocycles. The number of aryl methyl sites for hydroxylation is 1. The van der Waals surface area contributed by atoms with Crippen LogP contribution in [0.4, 0.5) is 0 Å². The summed E-state index contributed by atoms with van der Waals surface area (Å²) in [5.41, 5.74) is 1.37. The molecule has 2 amide bonds. The maximum absolute atomic E-state index is 13.3. The van der Waals surface area contributed by atoms with Crippen LogP contribution in [0.15, 0.2) is 67.0 Å². The van der Waals surface area contributed by atoms with Crippen LogP contribution in [0.25, 0.3) is 0 Å². The van der Waals surface area contributed by atoms with Crippen LogP contribution < -0.4 is 15.4 Å². The molecule has 0 bridgehead atoms. The van der Waals surface area contributed by atoms with Crippen molar-refractivity contribution < 1.29 is 14.3 Å². The zero-order valence-corrected chi connectivity index (χ0v) is 18.2. The van der Waals surface area contributed by atoms with Crippen molar-refractivity contribution in [1.29, 1.82) is 0 Å². The van der Waals surface area contributed by atoms with Crippen molar-refractivity contribution in [3.05, 3.63) is 83.9 Å². The molecule has 2 unspecified atom stereocenters. The Morgan fingerprint density at radius 3 is 2.23 bits per heavy atom. The van der Waals surface area contributed by atoms with Crippen LogP contribution in [-0.4, -0.2) is 34.5 Å². The highest BCUT2D eigenvalue weighted by Crippen LogP contribution is 2.23. The van der Waals surface area contributed by atoms with Gasteiger partial charge in [-0.15, -0.1) is 0 Å². The topological polar surface area (TPSA) is 85.2 Å². The number of nitrogens with one attached hydrogen (secondary N) is 2. The van der Waals surface area contributed by atoms with Gasteiger partial charge in [0.15, 0.2) is 0 Å². The Morgan fingerprint density at radius 1 is 1.00 bits per heavy atom. The highest BCUT2D eigenvalue weighted by molar-refractivity contribution is 5.97. The van der Waals surface area contributed by atoms with Crippen LogP contribution in [-0.2, 0) is 11.8 Å². The number of nitrogens with zero attached hydrogens (tertiary/aromatic N) is 2. The molecule has 1 aromatic heterocycles. The minimum Gasteiger partial charge on any atom is -0.497 e. The molecule has 3 aromatic rings. The van der Waals surface area contributed by atoms with Crippen LogP contribution in [0.5, 0.6) is 5.75 Å². The predicted octanol–water partition coefficient (Wildman–Crippen LogP) is 3.09. The van der Waals surface area contributed by atoms with Gasteiger partial charge < -0.3 is 19.9 Å². The monoisotopic (exact) mass is 420 g/mol. The average molecular weight is 421 g/mol. The summed E-state index contributed by atoms with van der Waals surface area (Å²) in [7, 11) is 3.48. The summed E-state index contributed by atoms with van der Waals surface area (Å²) in [6.07, 6.45) is 3.52. The lowest BCUT2D eigenvalue weighted by Crippen LogP contribution is -2.50. The zero-order chi connectivity index (χ0) is 22.4. The van der Waals surface area contributed by atoms with Crippen LogP contribution in [0, 0.1) is 5.92 Å². The lowest BCUT2D eigenvalue weighted by atomic mass is 10.0. The number of methoxy groups -OCH3 is 1. The van der Waals surface area contributed by atoms with E-state index in [1.807, 2.05) is 62.0 Å². The number of ether oxygens (including phenoxy) is 1. The summed E-state index contributed by atoms with van der Waals surface area (Å²) in [6, 6.07) is 15.2. The van der Waals surface area contributed by atoms with Crippen molar-refractivity contribution in [2.45, 2.75) is 25.9 Å². The highest BCUT2D eigenvalue weighted by Gasteiger charge is 2.29. The van der Waals surface area contributed by atoms with Gasteiger partial charge in [-0.25, -0.2) is 4.98 Å². The molecule has 1 heterocycles. The second-order valence-electron chi connectivity index (χ2n) is 7.67. The van der Waals surface area contributed by atoms with Crippen molar-refractivity contribution in [1.82, 2.24) is 20.2 Å². The van der Waals surface area contributed by atoms with E-state index in [9.17, 15) is 9.59 Å². The van der Waals surface area contributed by atoms with Gasteiger partial charge >= 0.3 is 0 Å². The molecule has 0 radical (unpaired) electrons. The van der Waals surface area contributed by atoms with Crippen molar-refractivity contribution in [2.24, 2.45) is 13.0 Å². The molecule has 2 N–H and O–H groups in total. The lowest BCUT2D eigenvalue weighted by molar-refractivity contribution is -0.124. The number of hydrogen-bond acceptors (Lipinski definition) is 4. The Bertz CT molecular complexity index is 1010. The number of imidazole rings is 1. The summed E-state index contributed by atoms with van der Waals surface area (Å²) in [6.45, 7) is 3.80. The molecule has 3 rings (SSSR count). The van der Waals surface area contributed by atoms with E-state index >= 15 is 0 Å². The SMILES string of the molecule is COc1ccc(C(NC(=O)C(NC(=O)c2ccccc2)C(C)C)c2nccn2C)cc1. The molecule has 162 valence electrons. The second kappa shape index (κ2) is 9.93. The molecule has 2 atom stereocenters. The summed E-state index contributed by atoms with van der Waals surface area (Å²) in [5, 5.41) is 5.94. The number of hydrogen-bond donors (Lipinski definition) is 2. The van der Waals surface area contributed by atoms with Gasteiger partial charge in [0.25, 0.3) is 5.91 Å². The largest absolute Gasteiger partial charge is 0.497 e. The van der Waals surface area contributed by atoms with E-state index in [0.29, 0.717) is 11.4 Å². The van der Waals surface area contributed by atoms with Gasteiger partial charge in [0.2, 0.25) is 5.91 Å². The van der Waals surface area contributed by atoms with E-state index < -0.39 is 12.1 Å². The fraction of sp³-hybridized carbons (Fsp3) is 0.292. The first-order chi connectivity index (χ1) is 14.9. The van der Waals surface area contributed by atoms with Gasteiger partial charge in [0.05, 0.1) is 7.11 Å². The summed E-state index contributed by atoms with van der Waals surface area (Å²) in [5.74, 6) is 0.750. The number of carbonyl (C=O) groups excluding carboxylic acids is 2.